The summed E-state index contributed by atoms with van der Waals surface area (Å²) in [5, 5.41) is 0. The Balaban J connectivity index is 2.12. The van der Waals surface area contributed by atoms with Crippen LogP contribution in [0.25, 0.3) is 6.08 Å². The average molecular weight is 554 g/mol. The van der Waals surface area contributed by atoms with Gasteiger partial charge in [0.05, 0.1) is 0 Å². The predicted octanol–water partition coefficient (Wildman–Crippen LogP) is 12.9. The van der Waals surface area contributed by atoms with E-state index in [0.29, 0.717) is 0 Å². The van der Waals surface area contributed by atoms with Crippen molar-refractivity contribution in [1.29, 1.82) is 0 Å². The van der Waals surface area contributed by atoms with Crippen molar-refractivity contribution in [3.05, 3.63) is 42.0 Å². The second kappa shape index (κ2) is 28.1. The van der Waals surface area contributed by atoms with Crippen LogP contribution in [0.15, 0.2) is 36.4 Å². The van der Waals surface area contributed by atoms with Crippen LogP contribution < -0.4 is 0 Å². The zero-order valence-corrected chi connectivity index (χ0v) is 27.8. The molecule has 0 saturated carbocycles. The first-order chi connectivity index (χ1) is 19.6. The van der Waals surface area contributed by atoms with Gasteiger partial charge in [-0.1, -0.05) is 199 Å². The largest absolute Gasteiger partial charge is 0.300 e. The Labute approximate surface area is 253 Å². The highest BCUT2D eigenvalue weighted by molar-refractivity contribution is 5.48. The van der Waals surface area contributed by atoms with Crippen molar-refractivity contribution < 1.29 is 0 Å². The first-order valence-corrected chi connectivity index (χ1v) is 18.0. The molecule has 0 spiro atoms. The third-order valence-corrected chi connectivity index (χ3v) is 8.49. The minimum absolute atomic E-state index is 0.879. The molecule has 0 aliphatic rings. The van der Waals surface area contributed by atoms with E-state index in [0.717, 1.165) is 18.4 Å². The van der Waals surface area contributed by atoms with Crippen LogP contribution in [0, 0.1) is 11.8 Å². The maximum absolute atomic E-state index is 2.72. The fraction of sp³-hybridized carbons (Fsp3) is 0.795. The molecule has 0 amide bonds. The second-order valence-corrected chi connectivity index (χ2v) is 13.5. The van der Waals surface area contributed by atoms with Crippen LogP contribution in [0.3, 0.4) is 0 Å². The van der Waals surface area contributed by atoms with E-state index in [1.165, 1.54) is 160 Å². The Morgan fingerprint density at radius 1 is 0.475 bits per heavy atom. The molecule has 0 aliphatic carbocycles. The zero-order chi connectivity index (χ0) is 28.9. The molecule has 232 valence electrons. The second-order valence-electron chi connectivity index (χ2n) is 13.5. The molecule has 1 aromatic carbocycles. The van der Waals surface area contributed by atoms with Gasteiger partial charge >= 0.3 is 0 Å². The van der Waals surface area contributed by atoms with Crippen molar-refractivity contribution in [3.63, 3.8) is 0 Å². The number of hydrogen-bond donors (Lipinski definition) is 0. The van der Waals surface area contributed by atoms with E-state index >= 15 is 0 Å². The molecule has 0 N–H and O–H groups in total. The molecule has 0 aliphatic heterocycles. The molecule has 0 saturated heterocycles. The fourth-order valence-corrected chi connectivity index (χ4v) is 5.80. The number of unbranched alkanes of at least 4 members (excludes halogenated alkanes) is 18. The lowest BCUT2D eigenvalue weighted by atomic mass is 10.0. The van der Waals surface area contributed by atoms with Crippen LogP contribution in [-0.4, -0.2) is 24.5 Å². The van der Waals surface area contributed by atoms with E-state index in [2.05, 4.69) is 75.1 Å². The molecule has 40 heavy (non-hydrogen) atoms. The normalized spacial score (nSPS) is 12.1. The van der Waals surface area contributed by atoms with Gasteiger partial charge in [0.15, 0.2) is 0 Å². The molecule has 1 heteroatoms. The minimum atomic E-state index is 0.879. The molecular formula is C39H71N. The summed E-state index contributed by atoms with van der Waals surface area (Å²) < 4.78 is 0. The van der Waals surface area contributed by atoms with Crippen LogP contribution in [-0.2, 0) is 0 Å². The number of benzene rings is 1. The Morgan fingerprint density at radius 3 is 1.20 bits per heavy atom. The van der Waals surface area contributed by atoms with Crippen molar-refractivity contribution >= 4 is 6.08 Å². The summed E-state index contributed by atoms with van der Waals surface area (Å²) >= 11 is 0. The number of hydrogen-bond acceptors (Lipinski definition) is 1. The highest BCUT2D eigenvalue weighted by Crippen LogP contribution is 2.15. The van der Waals surface area contributed by atoms with E-state index < -0.39 is 0 Å². The topological polar surface area (TPSA) is 3.24 Å². The summed E-state index contributed by atoms with van der Waals surface area (Å²) in [6.45, 7) is 13.0. The molecule has 0 aromatic heterocycles. The van der Waals surface area contributed by atoms with E-state index in [-0.39, 0.29) is 0 Å². The lowest BCUT2D eigenvalue weighted by molar-refractivity contribution is 0.286. The SMILES string of the molecule is CC(C)CCCCCCCCCCCCN(CC=Cc1ccccc1)CCCCCCCCCCCCC(C)C. The van der Waals surface area contributed by atoms with Gasteiger partial charge in [-0.05, 0) is 43.3 Å². The molecule has 1 nitrogen and oxygen atoms in total. The van der Waals surface area contributed by atoms with E-state index in [1.807, 2.05) is 0 Å². The quantitative estimate of drug-likeness (QED) is 0.0891. The van der Waals surface area contributed by atoms with Gasteiger partial charge < -0.3 is 0 Å². The van der Waals surface area contributed by atoms with E-state index in [4.69, 9.17) is 0 Å². The maximum atomic E-state index is 2.72. The summed E-state index contributed by atoms with van der Waals surface area (Å²) in [6.07, 6.45) is 36.2. The van der Waals surface area contributed by atoms with Gasteiger partial charge in [0.25, 0.3) is 0 Å². The van der Waals surface area contributed by atoms with Gasteiger partial charge in [-0.2, -0.15) is 0 Å². The molecular weight excluding hydrogens is 482 g/mol. The van der Waals surface area contributed by atoms with Crippen LogP contribution >= 0.6 is 0 Å². The number of nitrogens with zero attached hydrogens (tertiary/aromatic N) is 1. The van der Waals surface area contributed by atoms with Gasteiger partial charge in [-0.3, -0.25) is 4.90 Å². The molecule has 0 atom stereocenters. The summed E-state index contributed by atoms with van der Waals surface area (Å²) in [5.41, 5.74) is 1.32. The Kier molecular flexibility index (Phi) is 25.9. The molecule has 0 fully saturated rings. The Morgan fingerprint density at radius 2 is 0.825 bits per heavy atom. The lowest BCUT2D eigenvalue weighted by Crippen LogP contribution is -2.26. The summed E-state index contributed by atoms with van der Waals surface area (Å²) in [5.74, 6) is 1.76. The van der Waals surface area contributed by atoms with Gasteiger partial charge in [0.2, 0.25) is 0 Å². The third kappa shape index (κ3) is 25.9. The summed E-state index contributed by atoms with van der Waals surface area (Å²) in [4.78, 5) is 2.72. The standard InChI is InChI=1S/C39H71N/c1-37(2)29-22-17-13-9-5-7-11-15-19-26-34-40(36-28-33-39-31-24-21-25-32-39)35-27-20-16-12-8-6-10-14-18-23-30-38(3)4/h21,24-25,28,31-33,37-38H,5-20,22-23,26-27,29-30,34-36H2,1-4H3. The van der Waals surface area contributed by atoms with Crippen molar-refractivity contribution in [2.24, 2.45) is 11.8 Å². The molecule has 0 bridgehead atoms. The minimum Gasteiger partial charge on any atom is -0.300 e. The summed E-state index contributed by atoms with van der Waals surface area (Å²) in [6, 6.07) is 10.8. The van der Waals surface area contributed by atoms with Crippen molar-refractivity contribution in [2.75, 3.05) is 19.6 Å². The predicted molar refractivity (Wildman–Crippen MR) is 183 cm³/mol. The lowest BCUT2D eigenvalue weighted by Gasteiger charge is -2.20. The van der Waals surface area contributed by atoms with Crippen LogP contribution in [0.1, 0.15) is 175 Å². The van der Waals surface area contributed by atoms with Crippen molar-refractivity contribution in [2.45, 2.75) is 169 Å². The molecule has 0 heterocycles. The molecule has 0 radical (unpaired) electrons. The van der Waals surface area contributed by atoms with Gasteiger partial charge in [0, 0.05) is 6.54 Å². The fourth-order valence-electron chi connectivity index (χ4n) is 5.80. The van der Waals surface area contributed by atoms with E-state index in [1.54, 1.807) is 0 Å². The van der Waals surface area contributed by atoms with Crippen LogP contribution in [0.5, 0.6) is 0 Å². The van der Waals surface area contributed by atoms with Crippen molar-refractivity contribution in [3.8, 4) is 0 Å². The summed E-state index contributed by atoms with van der Waals surface area (Å²) in [7, 11) is 0. The first kappa shape index (κ1) is 36.9. The molecule has 0 unspecified atom stereocenters. The van der Waals surface area contributed by atoms with Gasteiger partial charge in [0.1, 0.15) is 0 Å². The smallest absolute Gasteiger partial charge is 0.0166 e. The van der Waals surface area contributed by atoms with Crippen LogP contribution in [0.4, 0.5) is 0 Å². The van der Waals surface area contributed by atoms with E-state index in [9.17, 15) is 0 Å². The van der Waals surface area contributed by atoms with Gasteiger partial charge in [-0.25, -0.2) is 0 Å². The zero-order valence-electron chi connectivity index (χ0n) is 27.8. The van der Waals surface area contributed by atoms with Crippen LogP contribution in [0.2, 0.25) is 0 Å². The average Bonchev–Trinajstić information content (AvgIpc) is 2.94. The monoisotopic (exact) mass is 554 g/mol. The highest BCUT2D eigenvalue weighted by atomic mass is 15.1. The Bertz CT molecular complexity index is 614. The maximum Gasteiger partial charge on any atom is 0.0166 e. The molecule has 1 rings (SSSR count). The Hall–Kier alpha value is -1.08. The third-order valence-electron chi connectivity index (χ3n) is 8.49. The molecule has 1 aromatic rings. The first-order valence-electron chi connectivity index (χ1n) is 18.0. The highest BCUT2D eigenvalue weighted by Gasteiger charge is 2.04. The van der Waals surface area contributed by atoms with Crippen molar-refractivity contribution in [1.82, 2.24) is 4.90 Å². The van der Waals surface area contributed by atoms with Gasteiger partial charge in [-0.15, -0.1) is 0 Å². The number of rotatable bonds is 29.